The molecule has 0 unspecified atom stereocenters. The lowest BCUT2D eigenvalue weighted by molar-refractivity contribution is -0.384. The second kappa shape index (κ2) is 8.36. The molecule has 4 rings (SSSR count). The highest BCUT2D eigenvalue weighted by molar-refractivity contribution is 5.87. The number of hydrogen-bond donors (Lipinski definition) is 2. The van der Waals surface area contributed by atoms with E-state index in [1.54, 1.807) is 26.4 Å². The smallest absolute Gasteiger partial charge is 0.270 e. The lowest BCUT2D eigenvalue weighted by Crippen LogP contribution is -2.34. The van der Waals surface area contributed by atoms with Crippen molar-refractivity contribution in [2.24, 2.45) is 0 Å². The average molecular weight is 409 g/mol. The van der Waals surface area contributed by atoms with Gasteiger partial charge in [-0.25, -0.2) is 0 Å². The normalized spacial score (nSPS) is 16.8. The summed E-state index contributed by atoms with van der Waals surface area (Å²) >= 11 is 0. The van der Waals surface area contributed by atoms with E-state index in [0.29, 0.717) is 0 Å². The van der Waals surface area contributed by atoms with Crippen LogP contribution in [-0.2, 0) is 12.8 Å². The van der Waals surface area contributed by atoms with Crippen LogP contribution in [-0.4, -0.2) is 30.2 Å². The first-order valence-electron chi connectivity index (χ1n) is 10.3. The zero-order valence-corrected chi connectivity index (χ0v) is 17.5. The zero-order valence-electron chi connectivity index (χ0n) is 17.5. The molecule has 0 fully saturated rings. The molecule has 3 aromatic rings. The van der Waals surface area contributed by atoms with Gasteiger partial charge in [-0.3, -0.25) is 10.1 Å². The number of fused-ring (bicyclic) bond motifs is 3. The number of nitro groups is 1. The number of hydrogen-bond acceptors (Lipinski definition) is 5. The lowest BCUT2D eigenvalue weighted by Gasteiger charge is -2.27. The van der Waals surface area contributed by atoms with Crippen LogP contribution < -0.4 is 14.8 Å². The van der Waals surface area contributed by atoms with E-state index in [1.165, 1.54) is 11.1 Å². The van der Waals surface area contributed by atoms with Crippen LogP contribution in [0.5, 0.6) is 11.5 Å². The first kappa shape index (κ1) is 20.2. The molecule has 7 heteroatoms. The number of rotatable bonds is 7. The monoisotopic (exact) mass is 409 g/mol. The molecule has 2 atom stereocenters. The summed E-state index contributed by atoms with van der Waals surface area (Å²) in [4.78, 5) is 14.4. The third kappa shape index (κ3) is 3.85. The van der Waals surface area contributed by atoms with Gasteiger partial charge in [0.1, 0.15) is 0 Å². The number of nitro benzene ring substituents is 1. The fourth-order valence-electron chi connectivity index (χ4n) is 4.49. The minimum atomic E-state index is -0.331. The summed E-state index contributed by atoms with van der Waals surface area (Å²) in [5, 5.41) is 15.9. The number of nitrogens with zero attached hydrogens (tertiary/aromatic N) is 1. The molecule has 0 radical (unpaired) electrons. The second-order valence-electron chi connectivity index (χ2n) is 7.91. The van der Waals surface area contributed by atoms with Crippen LogP contribution in [0, 0.1) is 10.1 Å². The van der Waals surface area contributed by atoms with Crippen molar-refractivity contribution in [3.63, 3.8) is 0 Å². The number of aromatic nitrogens is 1. The van der Waals surface area contributed by atoms with Crippen molar-refractivity contribution in [3.8, 4) is 11.5 Å². The molecule has 1 aliphatic carbocycles. The SMILES string of the molecule is COc1ccc(C[C@@H](C)N[C@@H]2CCCc3c2[nH]c2ccc([N+](=O)[O-])cc32)cc1OC. The Kier molecular flexibility index (Phi) is 5.63. The molecule has 0 aliphatic heterocycles. The number of methoxy groups -OCH3 is 2. The quantitative estimate of drug-likeness (QED) is 0.436. The summed E-state index contributed by atoms with van der Waals surface area (Å²) in [7, 11) is 3.28. The second-order valence-corrected chi connectivity index (χ2v) is 7.91. The van der Waals surface area contributed by atoms with E-state index >= 15 is 0 Å². The third-order valence-corrected chi connectivity index (χ3v) is 5.88. The Morgan fingerprint density at radius 2 is 2.00 bits per heavy atom. The number of benzene rings is 2. The van der Waals surface area contributed by atoms with Gasteiger partial charge in [0.25, 0.3) is 5.69 Å². The maximum Gasteiger partial charge on any atom is 0.270 e. The standard InChI is InChI=1S/C23H27N3O4/c1-14(11-15-7-10-21(29-2)22(12-15)30-3)24-20-6-4-5-17-18-13-16(26(27)28)8-9-19(18)25-23(17)20/h7-10,12-14,20,24-25H,4-6,11H2,1-3H3/t14-,20-/m1/s1. The molecule has 0 saturated heterocycles. The number of ether oxygens (including phenoxy) is 2. The van der Waals surface area contributed by atoms with Gasteiger partial charge in [-0.05, 0) is 61.9 Å². The number of non-ortho nitro benzene ring substituents is 1. The molecule has 30 heavy (non-hydrogen) atoms. The van der Waals surface area contributed by atoms with Gasteiger partial charge in [0, 0.05) is 40.8 Å². The van der Waals surface area contributed by atoms with Gasteiger partial charge in [-0.1, -0.05) is 6.07 Å². The molecule has 158 valence electrons. The van der Waals surface area contributed by atoms with Gasteiger partial charge >= 0.3 is 0 Å². The van der Waals surface area contributed by atoms with Gasteiger partial charge < -0.3 is 19.8 Å². The first-order valence-corrected chi connectivity index (χ1v) is 10.3. The number of aromatic amines is 1. The summed E-state index contributed by atoms with van der Waals surface area (Å²) in [5.74, 6) is 1.46. The summed E-state index contributed by atoms with van der Waals surface area (Å²) in [6, 6.07) is 11.5. The van der Waals surface area contributed by atoms with E-state index in [2.05, 4.69) is 23.3 Å². The maximum absolute atomic E-state index is 11.2. The highest BCUT2D eigenvalue weighted by atomic mass is 16.6. The van der Waals surface area contributed by atoms with Crippen LogP contribution >= 0.6 is 0 Å². The molecule has 7 nitrogen and oxygen atoms in total. The van der Waals surface area contributed by atoms with Gasteiger partial charge in [-0.2, -0.15) is 0 Å². The minimum Gasteiger partial charge on any atom is -0.493 e. The van der Waals surface area contributed by atoms with Crippen LogP contribution in [0.3, 0.4) is 0 Å². The van der Waals surface area contributed by atoms with Crippen molar-refractivity contribution >= 4 is 16.6 Å². The molecule has 2 N–H and O–H groups in total. The molecule has 0 bridgehead atoms. The Balaban J connectivity index is 1.53. The van der Waals surface area contributed by atoms with E-state index in [0.717, 1.165) is 53.8 Å². The Bertz CT molecular complexity index is 1080. The van der Waals surface area contributed by atoms with Crippen LogP contribution in [0.1, 0.15) is 42.6 Å². The summed E-state index contributed by atoms with van der Waals surface area (Å²) < 4.78 is 10.7. The van der Waals surface area contributed by atoms with E-state index in [4.69, 9.17) is 9.47 Å². The first-order chi connectivity index (χ1) is 14.5. The molecule has 2 aromatic carbocycles. The molecule has 1 heterocycles. The van der Waals surface area contributed by atoms with E-state index in [9.17, 15) is 10.1 Å². The maximum atomic E-state index is 11.2. The Hall–Kier alpha value is -3.06. The molecule has 1 aliphatic rings. The fourth-order valence-corrected chi connectivity index (χ4v) is 4.49. The van der Waals surface area contributed by atoms with Gasteiger partial charge in [-0.15, -0.1) is 0 Å². The zero-order chi connectivity index (χ0) is 21.3. The van der Waals surface area contributed by atoms with E-state index in [-0.39, 0.29) is 22.7 Å². The highest BCUT2D eigenvalue weighted by Crippen LogP contribution is 2.36. The molecule has 0 spiro atoms. The Morgan fingerprint density at radius 3 is 2.73 bits per heavy atom. The van der Waals surface area contributed by atoms with Gasteiger partial charge in [0.05, 0.1) is 19.1 Å². The molecule has 0 amide bonds. The molecular formula is C23H27N3O4. The predicted molar refractivity (Wildman–Crippen MR) is 116 cm³/mol. The summed E-state index contributed by atoms with van der Waals surface area (Å²) in [6.45, 7) is 2.18. The predicted octanol–water partition coefficient (Wildman–Crippen LogP) is 4.69. The van der Waals surface area contributed by atoms with E-state index in [1.807, 2.05) is 18.2 Å². The number of H-pyrrole nitrogens is 1. The largest absolute Gasteiger partial charge is 0.493 e. The van der Waals surface area contributed by atoms with Gasteiger partial charge in [0.15, 0.2) is 11.5 Å². The lowest BCUT2D eigenvalue weighted by atomic mass is 9.91. The van der Waals surface area contributed by atoms with Crippen molar-refractivity contribution in [2.75, 3.05) is 14.2 Å². The molecule has 1 aromatic heterocycles. The number of aryl methyl sites for hydroxylation is 1. The van der Waals surface area contributed by atoms with Crippen LogP contribution in [0.4, 0.5) is 5.69 Å². The Morgan fingerprint density at radius 1 is 1.20 bits per heavy atom. The number of nitrogens with one attached hydrogen (secondary N) is 2. The molecular weight excluding hydrogens is 382 g/mol. The Labute approximate surface area is 175 Å². The average Bonchev–Trinajstić information content (AvgIpc) is 3.12. The van der Waals surface area contributed by atoms with Crippen molar-refractivity contribution in [1.29, 1.82) is 0 Å². The fraction of sp³-hybridized carbons (Fsp3) is 0.391. The van der Waals surface area contributed by atoms with Crippen molar-refractivity contribution in [3.05, 3.63) is 63.3 Å². The van der Waals surface area contributed by atoms with Crippen LogP contribution in [0.15, 0.2) is 36.4 Å². The van der Waals surface area contributed by atoms with Gasteiger partial charge in [0.2, 0.25) is 0 Å². The molecule has 0 saturated carbocycles. The topological polar surface area (TPSA) is 89.4 Å². The van der Waals surface area contributed by atoms with Crippen molar-refractivity contribution in [1.82, 2.24) is 10.3 Å². The van der Waals surface area contributed by atoms with E-state index < -0.39 is 0 Å². The van der Waals surface area contributed by atoms with Crippen molar-refractivity contribution in [2.45, 2.75) is 44.7 Å². The summed E-state index contributed by atoms with van der Waals surface area (Å²) in [6.07, 6.45) is 3.90. The third-order valence-electron chi connectivity index (χ3n) is 5.88. The van der Waals surface area contributed by atoms with Crippen LogP contribution in [0.25, 0.3) is 10.9 Å². The van der Waals surface area contributed by atoms with Crippen molar-refractivity contribution < 1.29 is 14.4 Å². The minimum absolute atomic E-state index is 0.140. The highest BCUT2D eigenvalue weighted by Gasteiger charge is 2.26. The van der Waals surface area contributed by atoms with Crippen LogP contribution in [0.2, 0.25) is 0 Å². The summed E-state index contributed by atoms with van der Waals surface area (Å²) in [5.41, 5.74) is 4.65.